The SMILES string of the molecule is Cc1nc2ccc(CNCC(C)(C)O)cc2o1. The van der Waals surface area contributed by atoms with Crippen molar-refractivity contribution < 1.29 is 9.52 Å². The van der Waals surface area contributed by atoms with Crippen LogP contribution in [0.4, 0.5) is 0 Å². The summed E-state index contributed by atoms with van der Waals surface area (Å²) in [5.74, 6) is 0.682. The molecule has 17 heavy (non-hydrogen) atoms. The van der Waals surface area contributed by atoms with E-state index < -0.39 is 5.60 Å². The number of aromatic nitrogens is 1. The van der Waals surface area contributed by atoms with Crippen LogP contribution >= 0.6 is 0 Å². The van der Waals surface area contributed by atoms with Crippen LogP contribution in [0.5, 0.6) is 0 Å². The van der Waals surface area contributed by atoms with Crippen molar-refractivity contribution in [2.75, 3.05) is 6.54 Å². The minimum Gasteiger partial charge on any atom is -0.441 e. The summed E-state index contributed by atoms with van der Waals surface area (Å²) in [4.78, 5) is 4.25. The van der Waals surface area contributed by atoms with Crippen molar-refractivity contribution in [1.29, 1.82) is 0 Å². The van der Waals surface area contributed by atoms with Crippen molar-refractivity contribution in [2.45, 2.75) is 32.9 Å². The molecule has 0 bridgehead atoms. The van der Waals surface area contributed by atoms with E-state index in [2.05, 4.69) is 10.3 Å². The van der Waals surface area contributed by atoms with E-state index in [9.17, 15) is 5.11 Å². The van der Waals surface area contributed by atoms with Gasteiger partial charge in [0.15, 0.2) is 11.5 Å². The van der Waals surface area contributed by atoms with Crippen molar-refractivity contribution >= 4 is 11.1 Å². The molecule has 4 nitrogen and oxygen atoms in total. The minimum absolute atomic E-state index is 0.556. The normalized spacial score (nSPS) is 12.2. The zero-order valence-electron chi connectivity index (χ0n) is 10.4. The number of fused-ring (bicyclic) bond motifs is 1. The number of nitrogens with one attached hydrogen (secondary N) is 1. The average molecular weight is 234 g/mol. The zero-order valence-corrected chi connectivity index (χ0v) is 10.4. The van der Waals surface area contributed by atoms with Crippen molar-refractivity contribution in [3.63, 3.8) is 0 Å². The largest absolute Gasteiger partial charge is 0.441 e. The van der Waals surface area contributed by atoms with Gasteiger partial charge in [-0.25, -0.2) is 4.98 Å². The first kappa shape index (κ1) is 12.1. The minimum atomic E-state index is -0.688. The predicted octanol–water partition coefficient (Wildman–Crippen LogP) is 2.00. The summed E-state index contributed by atoms with van der Waals surface area (Å²) in [7, 11) is 0. The van der Waals surface area contributed by atoms with Gasteiger partial charge >= 0.3 is 0 Å². The van der Waals surface area contributed by atoms with Crippen LogP contribution in [0, 0.1) is 6.92 Å². The summed E-state index contributed by atoms with van der Waals surface area (Å²) in [6, 6.07) is 5.95. The quantitative estimate of drug-likeness (QED) is 0.849. The van der Waals surface area contributed by atoms with E-state index in [1.165, 1.54) is 0 Å². The lowest BCUT2D eigenvalue weighted by molar-refractivity contribution is 0.0795. The summed E-state index contributed by atoms with van der Waals surface area (Å²) in [6.45, 7) is 6.67. The number of hydrogen-bond acceptors (Lipinski definition) is 4. The highest BCUT2D eigenvalue weighted by molar-refractivity contribution is 5.73. The fraction of sp³-hybridized carbons (Fsp3) is 0.462. The second kappa shape index (κ2) is 4.47. The van der Waals surface area contributed by atoms with Gasteiger partial charge in [-0.15, -0.1) is 0 Å². The maximum absolute atomic E-state index is 9.58. The van der Waals surface area contributed by atoms with E-state index in [0.717, 1.165) is 16.7 Å². The lowest BCUT2D eigenvalue weighted by Crippen LogP contribution is -2.34. The summed E-state index contributed by atoms with van der Waals surface area (Å²) in [5.41, 5.74) is 2.13. The molecule has 0 spiro atoms. The molecule has 1 heterocycles. The number of oxazole rings is 1. The van der Waals surface area contributed by atoms with Gasteiger partial charge < -0.3 is 14.8 Å². The first-order chi connectivity index (χ1) is 7.94. The van der Waals surface area contributed by atoms with Crippen molar-refractivity contribution in [3.05, 3.63) is 29.7 Å². The first-order valence-corrected chi connectivity index (χ1v) is 5.73. The molecule has 0 aliphatic heterocycles. The molecular formula is C13H18N2O2. The summed E-state index contributed by atoms with van der Waals surface area (Å²) < 4.78 is 5.47. The van der Waals surface area contributed by atoms with E-state index in [1.807, 2.05) is 25.1 Å². The second-order valence-corrected chi connectivity index (χ2v) is 4.95. The number of benzene rings is 1. The van der Waals surface area contributed by atoms with Crippen LogP contribution < -0.4 is 5.32 Å². The van der Waals surface area contributed by atoms with Gasteiger partial charge in [0.2, 0.25) is 0 Å². The molecule has 2 N–H and O–H groups in total. The van der Waals surface area contributed by atoms with E-state index in [4.69, 9.17) is 4.42 Å². The molecule has 0 amide bonds. The van der Waals surface area contributed by atoms with E-state index in [1.54, 1.807) is 13.8 Å². The van der Waals surface area contributed by atoms with E-state index >= 15 is 0 Å². The molecule has 2 aromatic rings. The molecule has 0 atom stereocenters. The zero-order chi connectivity index (χ0) is 12.5. The van der Waals surface area contributed by atoms with Crippen LogP contribution in [0.15, 0.2) is 22.6 Å². The number of hydrogen-bond donors (Lipinski definition) is 2. The first-order valence-electron chi connectivity index (χ1n) is 5.73. The van der Waals surface area contributed by atoms with Gasteiger partial charge in [0.05, 0.1) is 5.60 Å². The molecule has 1 aromatic carbocycles. The van der Waals surface area contributed by atoms with Crippen molar-refractivity contribution in [3.8, 4) is 0 Å². The third-order valence-corrected chi connectivity index (χ3v) is 2.45. The molecule has 1 aromatic heterocycles. The maximum Gasteiger partial charge on any atom is 0.192 e. The topological polar surface area (TPSA) is 58.3 Å². The molecule has 92 valence electrons. The number of nitrogens with zero attached hydrogens (tertiary/aromatic N) is 1. The van der Waals surface area contributed by atoms with Gasteiger partial charge in [0.1, 0.15) is 5.52 Å². The fourth-order valence-corrected chi connectivity index (χ4v) is 1.71. The second-order valence-electron chi connectivity index (χ2n) is 4.95. The Balaban J connectivity index is 2.04. The standard InChI is InChI=1S/C13H18N2O2/c1-9-15-11-5-4-10(6-12(11)17-9)7-14-8-13(2,3)16/h4-6,14,16H,7-8H2,1-3H3. The highest BCUT2D eigenvalue weighted by Gasteiger charge is 2.11. The molecule has 2 rings (SSSR count). The maximum atomic E-state index is 9.58. The average Bonchev–Trinajstić information content (AvgIpc) is 2.55. The van der Waals surface area contributed by atoms with Crippen LogP contribution in [0.3, 0.4) is 0 Å². The molecular weight excluding hydrogens is 216 g/mol. The third-order valence-electron chi connectivity index (χ3n) is 2.45. The Labute approximate surface area is 101 Å². The lowest BCUT2D eigenvalue weighted by Gasteiger charge is -2.17. The fourth-order valence-electron chi connectivity index (χ4n) is 1.71. The van der Waals surface area contributed by atoms with Crippen LogP contribution in [0.1, 0.15) is 25.3 Å². The number of aryl methyl sites for hydroxylation is 1. The molecule has 0 aliphatic rings. The molecule has 4 heteroatoms. The highest BCUT2D eigenvalue weighted by Crippen LogP contribution is 2.16. The summed E-state index contributed by atoms with van der Waals surface area (Å²) >= 11 is 0. The lowest BCUT2D eigenvalue weighted by atomic mass is 10.1. The van der Waals surface area contributed by atoms with Gasteiger partial charge in [0, 0.05) is 20.0 Å². The molecule has 0 fully saturated rings. The Morgan fingerprint density at radius 2 is 2.18 bits per heavy atom. The van der Waals surface area contributed by atoms with E-state index in [-0.39, 0.29) is 0 Å². The van der Waals surface area contributed by atoms with E-state index in [0.29, 0.717) is 19.0 Å². The van der Waals surface area contributed by atoms with Crippen LogP contribution in [-0.2, 0) is 6.54 Å². The predicted molar refractivity (Wildman–Crippen MR) is 66.8 cm³/mol. The van der Waals surface area contributed by atoms with Gasteiger partial charge in [-0.1, -0.05) is 6.07 Å². The van der Waals surface area contributed by atoms with Gasteiger partial charge in [-0.05, 0) is 31.5 Å². The Hall–Kier alpha value is -1.39. The summed E-state index contributed by atoms with van der Waals surface area (Å²) in [6.07, 6.45) is 0. The van der Waals surface area contributed by atoms with Gasteiger partial charge in [-0.2, -0.15) is 0 Å². The van der Waals surface area contributed by atoms with Crippen LogP contribution in [0.2, 0.25) is 0 Å². The molecule has 0 saturated carbocycles. The number of rotatable bonds is 4. The highest BCUT2D eigenvalue weighted by atomic mass is 16.3. The monoisotopic (exact) mass is 234 g/mol. The molecule has 0 unspecified atom stereocenters. The Morgan fingerprint density at radius 1 is 1.41 bits per heavy atom. The molecule has 0 radical (unpaired) electrons. The number of aliphatic hydroxyl groups is 1. The third kappa shape index (κ3) is 3.28. The van der Waals surface area contributed by atoms with Crippen molar-refractivity contribution in [1.82, 2.24) is 10.3 Å². The Kier molecular flexibility index (Phi) is 3.17. The molecule has 0 aliphatic carbocycles. The summed E-state index contributed by atoms with van der Waals surface area (Å²) in [5, 5.41) is 12.8. The smallest absolute Gasteiger partial charge is 0.192 e. The van der Waals surface area contributed by atoms with Gasteiger partial charge in [-0.3, -0.25) is 0 Å². The molecule has 0 saturated heterocycles. The van der Waals surface area contributed by atoms with Crippen LogP contribution in [-0.4, -0.2) is 22.2 Å². The Morgan fingerprint density at radius 3 is 2.88 bits per heavy atom. The van der Waals surface area contributed by atoms with Crippen LogP contribution in [0.25, 0.3) is 11.1 Å². The van der Waals surface area contributed by atoms with Gasteiger partial charge in [0.25, 0.3) is 0 Å². The van der Waals surface area contributed by atoms with Crippen molar-refractivity contribution in [2.24, 2.45) is 0 Å². The Bertz CT molecular complexity index is 512.